The van der Waals surface area contributed by atoms with Crippen LogP contribution in [0, 0.1) is 0 Å². The molecule has 3 heteroatoms. The molecule has 106 valence electrons. The van der Waals surface area contributed by atoms with Gasteiger partial charge in [-0.2, -0.15) is 0 Å². The molecule has 0 fully saturated rings. The summed E-state index contributed by atoms with van der Waals surface area (Å²) in [5, 5.41) is 3.18. The zero-order valence-corrected chi connectivity index (χ0v) is 12.0. The van der Waals surface area contributed by atoms with Crippen molar-refractivity contribution in [3.05, 3.63) is 59.8 Å². The van der Waals surface area contributed by atoms with Crippen LogP contribution in [0.5, 0.6) is 0 Å². The molecular weight excluding hydrogens is 248 g/mol. The predicted molar refractivity (Wildman–Crippen MR) is 82.8 cm³/mol. The minimum atomic E-state index is 0.633. The normalized spacial score (nSPS) is 10.4. The fourth-order valence-corrected chi connectivity index (χ4v) is 2.01. The number of anilines is 1. The van der Waals surface area contributed by atoms with Crippen LogP contribution in [-0.2, 0) is 17.8 Å². The van der Waals surface area contributed by atoms with Crippen LogP contribution in [0.15, 0.2) is 48.7 Å². The molecule has 0 amide bonds. The lowest BCUT2D eigenvalue weighted by atomic mass is 10.1. The van der Waals surface area contributed by atoms with E-state index in [0.29, 0.717) is 6.61 Å². The minimum absolute atomic E-state index is 0.633. The van der Waals surface area contributed by atoms with Crippen LogP contribution in [0.3, 0.4) is 0 Å². The average Bonchev–Trinajstić information content (AvgIpc) is 2.50. The Balaban J connectivity index is 1.63. The van der Waals surface area contributed by atoms with Crippen LogP contribution in [0.4, 0.5) is 5.82 Å². The standard InChI is InChI=1S/C17H22N2O/c1-2-18-17-11-10-16(13-19-17)14-20-12-6-9-15-7-4-3-5-8-15/h3-5,7-8,10-11,13H,2,6,9,12,14H2,1H3,(H,18,19). The van der Waals surface area contributed by atoms with Crippen molar-refractivity contribution in [3.63, 3.8) is 0 Å². The van der Waals surface area contributed by atoms with Crippen molar-refractivity contribution in [3.8, 4) is 0 Å². The third kappa shape index (κ3) is 5.02. The van der Waals surface area contributed by atoms with Gasteiger partial charge in [-0.15, -0.1) is 0 Å². The van der Waals surface area contributed by atoms with Gasteiger partial charge in [0.1, 0.15) is 5.82 Å². The second kappa shape index (κ2) is 8.33. The van der Waals surface area contributed by atoms with Gasteiger partial charge in [0.2, 0.25) is 0 Å². The van der Waals surface area contributed by atoms with E-state index in [-0.39, 0.29) is 0 Å². The Labute approximate surface area is 121 Å². The molecule has 0 spiro atoms. The minimum Gasteiger partial charge on any atom is -0.377 e. The third-order valence-corrected chi connectivity index (χ3v) is 3.05. The van der Waals surface area contributed by atoms with Gasteiger partial charge in [-0.3, -0.25) is 0 Å². The number of ether oxygens (including phenoxy) is 1. The zero-order chi connectivity index (χ0) is 14.0. The number of aryl methyl sites for hydroxylation is 1. The number of pyridine rings is 1. The number of rotatable bonds is 8. The lowest BCUT2D eigenvalue weighted by molar-refractivity contribution is 0.118. The van der Waals surface area contributed by atoms with E-state index < -0.39 is 0 Å². The highest BCUT2D eigenvalue weighted by Crippen LogP contribution is 2.07. The summed E-state index contributed by atoms with van der Waals surface area (Å²) in [6, 6.07) is 14.6. The van der Waals surface area contributed by atoms with Gasteiger partial charge >= 0.3 is 0 Å². The van der Waals surface area contributed by atoms with Crippen molar-refractivity contribution >= 4 is 5.82 Å². The highest BCUT2D eigenvalue weighted by atomic mass is 16.5. The molecule has 0 saturated heterocycles. The maximum absolute atomic E-state index is 5.68. The fourth-order valence-electron chi connectivity index (χ4n) is 2.01. The summed E-state index contributed by atoms with van der Waals surface area (Å²) in [5.74, 6) is 0.917. The van der Waals surface area contributed by atoms with Gasteiger partial charge < -0.3 is 10.1 Å². The van der Waals surface area contributed by atoms with Gasteiger partial charge in [-0.1, -0.05) is 36.4 Å². The second-order valence-corrected chi connectivity index (χ2v) is 4.72. The Hall–Kier alpha value is -1.87. The van der Waals surface area contributed by atoms with Gasteiger partial charge in [-0.25, -0.2) is 4.98 Å². The molecule has 1 N–H and O–H groups in total. The Bertz CT molecular complexity index is 482. The topological polar surface area (TPSA) is 34.1 Å². The molecule has 0 aliphatic heterocycles. The quantitative estimate of drug-likeness (QED) is 0.743. The lowest BCUT2D eigenvalue weighted by Gasteiger charge is -2.06. The van der Waals surface area contributed by atoms with Crippen molar-refractivity contribution < 1.29 is 4.74 Å². The van der Waals surface area contributed by atoms with Crippen LogP contribution in [0.2, 0.25) is 0 Å². The molecule has 0 aliphatic carbocycles. The van der Waals surface area contributed by atoms with Gasteiger partial charge in [0.25, 0.3) is 0 Å². The molecule has 3 nitrogen and oxygen atoms in total. The van der Waals surface area contributed by atoms with Crippen LogP contribution in [0.25, 0.3) is 0 Å². The number of nitrogens with one attached hydrogen (secondary N) is 1. The Kier molecular flexibility index (Phi) is 6.06. The fraction of sp³-hybridized carbons (Fsp3) is 0.353. The average molecular weight is 270 g/mol. The molecule has 2 rings (SSSR count). The zero-order valence-electron chi connectivity index (χ0n) is 12.0. The molecule has 0 atom stereocenters. The Morgan fingerprint density at radius 3 is 2.60 bits per heavy atom. The van der Waals surface area contributed by atoms with Gasteiger partial charge in [-0.05, 0) is 37.0 Å². The highest BCUT2D eigenvalue weighted by Gasteiger charge is 1.96. The summed E-state index contributed by atoms with van der Waals surface area (Å²) in [7, 11) is 0. The van der Waals surface area contributed by atoms with Gasteiger partial charge in [0, 0.05) is 19.3 Å². The van der Waals surface area contributed by atoms with E-state index in [2.05, 4.69) is 47.6 Å². The Morgan fingerprint density at radius 2 is 1.90 bits per heavy atom. The van der Waals surface area contributed by atoms with Crippen molar-refractivity contribution in [2.24, 2.45) is 0 Å². The van der Waals surface area contributed by atoms with E-state index in [4.69, 9.17) is 4.74 Å². The maximum Gasteiger partial charge on any atom is 0.125 e. The number of nitrogens with zero attached hydrogens (tertiary/aromatic N) is 1. The molecule has 0 aliphatic rings. The van der Waals surface area contributed by atoms with Crippen molar-refractivity contribution in [1.29, 1.82) is 0 Å². The van der Waals surface area contributed by atoms with E-state index in [1.165, 1.54) is 5.56 Å². The smallest absolute Gasteiger partial charge is 0.125 e. The van der Waals surface area contributed by atoms with E-state index in [1.807, 2.05) is 18.3 Å². The number of hydrogen-bond acceptors (Lipinski definition) is 3. The van der Waals surface area contributed by atoms with Crippen LogP contribution in [-0.4, -0.2) is 18.1 Å². The maximum atomic E-state index is 5.68. The summed E-state index contributed by atoms with van der Waals surface area (Å²) in [6.07, 6.45) is 3.99. The molecule has 20 heavy (non-hydrogen) atoms. The molecule has 1 aromatic carbocycles. The largest absolute Gasteiger partial charge is 0.377 e. The molecule has 1 aromatic heterocycles. The first-order valence-corrected chi connectivity index (χ1v) is 7.19. The summed E-state index contributed by atoms with van der Waals surface area (Å²) in [5.41, 5.74) is 2.49. The monoisotopic (exact) mass is 270 g/mol. The predicted octanol–water partition coefficient (Wildman–Crippen LogP) is 3.66. The van der Waals surface area contributed by atoms with Crippen molar-refractivity contribution in [2.75, 3.05) is 18.5 Å². The van der Waals surface area contributed by atoms with E-state index in [0.717, 1.165) is 37.4 Å². The Morgan fingerprint density at radius 1 is 1.05 bits per heavy atom. The van der Waals surface area contributed by atoms with Crippen molar-refractivity contribution in [1.82, 2.24) is 4.98 Å². The first-order chi connectivity index (χ1) is 9.88. The molecule has 0 saturated carbocycles. The van der Waals surface area contributed by atoms with Gasteiger partial charge in [0.05, 0.1) is 6.61 Å². The summed E-state index contributed by atoms with van der Waals surface area (Å²) >= 11 is 0. The first kappa shape index (κ1) is 14.5. The molecular formula is C17H22N2O. The number of benzene rings is 1. The molecule has 1 heterocycles. The van der Waals surface area contributed by atoms with Crippen LogP contribution in [0.1, 0.15) is 24.5 Å². The van der Waals surface area contributed by atoms with Crippen LogP contribution >= 0.6 is 0 Å². The molecule has 0 bridgehead atoms. The van der Waals surface area contributed by atoms with Crippen molar-refractivity contribution in [2.45, 2.75) is 26.4 Å². The van der Waals surface area contributed by atoms with E-state index in [1.54, 1.807) is 0 Å². The summed E-state index contributed by atoms with van der Waals surface area (Å²) in [6.45, 7) is 4.37. The molecule has 0 unspecified atom stereocenters. The second-order valence-electron chi connectivity index (χ2n) is 4.72. The summed E-state index contributed by atoms with van der Waals surface area (Å²) < 4.78 is 5.68. The van der Waals surface area contributed by atoms with E-state index >= 15 is 0 Å². The molecule has 2 aromatic rings. The lowest BCUT2D eigenvalue weighted by Crippen LogP contribution is -2.01. The van der Waals surface area contributed by atoms with Crippen LogP contribution < -0.4 is 5.32 Å². The van der Waals surface area contributed by atoms with Gasteiger partial charge in [0.15, 0.2) is 0 Å². The molecule has 0 radical (unpaired) electrons. The third-order valence-electron chi connectivity index (χ3n) is 3.05. The highest BCUT2D eigenvalue weighted by molar-refractivity contribution is 5.34. The number of hydrogen-bond donors (Lipinski definition) is 1. The summed E-state index contributed by atoms with van der Waals surface area (Å²) in [4.78, 5) is 4.32. The van der Waals surface area contributed by atoms with E-state index in [9.17, 15) is 0 Å². The SMILES string of the molecule is CCNc1ccc(COCCCc2ccccc2)cn1. The number of aromatic nitrogens is 1. The first-order valence-electron chi connectivity index (χ1n) is 7.19.